The molecule has 0 fully saturated rings. The van der Waals surface area contributed by atoms with Crippen LogP contribution in [0.3, 0.4) is 0 Å². The van der Waals surface area contributed by atoms with Gasteiger partial charge >= 0.3 is 5.97 Å². The van der Waals surface area contributed by atoms with Crippen LogP contribution in [0.5, 0.6) is 11.5 Å². The van der Waals surface area contributed by atoms with E-state index < -0.39 is 12.0 Å². The van der Waals surface area contributed by atoms with Crippen molar-refractivity contribution >= 4 is 18.0 Å². The zero-order valence-corrected chi connectivity index (χ0v) is 12.1. The number of aliphatic carboxylic acids is 1. The molecular weight excluding hydrogens is 274 g/mol. The van der Waals surface area contributed by atoms with Gasteiger partial charge in [0, 0.05) is 12.6 Å². The first kappa shape index (κ1) is 14.9. The van der Waals surface area contributed by atoms with E-state index in [1.54, 1.807) is 31.4 Å². The van der Waals surface area contributed by atoms with Gasteiger partial charge in [-0.15, -0.1) is 0 Å². The molecule has 1 atom stereocenters. The second-order valence-electron chi connectivity index (χ2n) is 4.79. The van der Waals surface area contributed by atoms with Gasteiger partial charge in [0.2, 0.25) is 0 Å². The number of hydrogen-bond donors (Lipinski definition) is 1. The Balaban J connectivity index is 2.27. The summed E-state index contributed by atoms with van der Waals surface area (Å²) in [5, 5.41) is 8.96. The van der Waals surface area contributed by atoms with E-state index in [-0.39, 0.29) is 12.5 Å². The van der Waals surface area contributed by atoms with Crippen LogP contribution in [0.2, 0.25) is 0 Å². The van der Waals surface area contributed by atoms with Gasteiger partial charge in [0.05, 0.1) is 12.7 Å². The van der Waals surface area contributed by atoms with Gasteiger partial charge in [-0.25, -0.2) is 4.79 Å². The summed E-state index contributed by atoms with van der Waals surface area (Å²) in [4.78, 5) is 24.4. The fraction of sp³-hybridized carbons (Fsp3) is 0.333. The zero-order chi connectivity index (χ0) is 15.6. The summed E-state index contributed by atoms with van der Waals surface area (Å²) in [5.41, 5.74) is 1.15. The zero-order valence-electron chi connectivity index (χ0n) is 12.1. The Morgan fingerprint density at radius 3 is 2.76 bits per heavy atom. The Hall–Kier alpha value is -2.50. The van der Waals surface area contributed by atoms with Gasteiger partial charge in [-0.1, -0.05) is 0 Å². The van der Waals surface area contributed by atoms with Crippen molar-refractivity contribution < 1.29 is 24.2 Å². The van der Waals surface area contributed by atoms with Gasteiger partial charge in [0.25, 0.3) is 5.91 Å². The molecule has 1 aliphatic rings. The molecule has 6 heteroatoms. The van der Waals surface area contributed by atoms with Crippen LogP contribution in [-0.4, -0.2) is 48.7 Å². The van der Waals surface area contributed by atoms with Crippen molar-refractivity contribution in [3.05, 3.63) is 29.3 Å². The number of benzene rings is 1. The summed E-state index contributed by atoms with van der Waals surface area (Å²) < 4.78 is 10.7. The number of hydrogen-bond acceptors (Lipinski definition) is 4. The predicted molar refractivity (Wildman–Crippen MR) is 76.3 cm³/mol. The highest BCUT2D eigenvalue weighted by atomic mass is 16.5. The summed E-state index contributed by atoms with van der Waals surface area (Å²) >= 11 is 0. The van der Waals surface area contributed by atoms with Crippen LogP contribution in [0.1, 0.15) is 12.5 Å². The van der Waals surface area contributed by atoms with Gasteiger partial charge < -0.3 is 19.5 Å². The Kier molecular flexibility index (Phi) is 4.16. The highest BCUT2D eigenvalue weighted by Gasteiger charge is 2.26. The van der Waals surface area contributed by atoms with Crippen molar-refractivity contribution in [1.29, 1.82) is 0 Å². The number of amides is 1. The van der Waals surface area contributed by atoms with E-state index in [1.807, 2.05) is 0 Å². The number of carbonyl (C=O) groups excluding carboxylic acids is 1. The number of carboxylic acid groups (broad SMARTS) is 1. The monoisotopic (exact) mass is 291 g/mol. The lowest BCUT2D eigenvalue weighted by atomic mass is 10.1. The van der Waals surface area contributed by atoms with Crippen LogP contribution >= 0.6 is 0 Å². The van der Waals surface area contributed by atoms with Gasteiger partial charge in [-0.3, -0.25) is 4.79 Å². The van der Waals surface area contributed by atoms with E-state index in [4.69, 9.17) is 14.6 Å². The molecule has 1 aromatic rings. The van der Waals surface area contributed by atoms with Crippen molar-refractivity contribution in [1.82, 2.24) is 4.90 Å². The summed E-state index contributed by atoms with van der Waals surface area (Å²) in [6, 6.07) is 4.42. The molecule has 0 radical (unpaired) electrons. The third kappa shape index (κ3) is 2.99. The standard InChI is InChI=1S/C15H17NO5/c1-9(15(18)19)16(2)14(17)11-6-10-7-12(20-3)4-5-13(10)21-8-11/h4-7,9H,8H2,1-3H3,(H,18,19). The molecule has 1 aliphatic heterocycles. The fourth-order valence-corrected chi connectivity index (χ4v) is 1.97. The van der Waals surface area contributed by atoms with Crippen LogP contribution in [0.4, 0.5) is 0 Å². The van der Waals surface area contributed by atoms with Gasteiger partial charge in [0.15, 0.2) is 0 Å². The topological polar surface area (TPSA) is 76.1 Å². The quantitative estimate of drug-likeness (QED) is 0.907. The molecule has 0 spiro atoms. The molecule has 112 valence electrons. The number of ether oxygens (including phenoxy) is 2. The molecule has 1 unspecified atom stereocenters. The predicted octanol–water partition coefficient (Wildman–Crippen LogP) is 1.40. The minimum absolute atomic E-state index is 0.120. The highest BCUT2D eigenvalue weighted by Crippen LogP contribution is 2.30. The average molecular weight is 291 g/mol. The smallest absolute Gasteiger partial charge is 0.326 e. The molecular formula is C15H17NO5. The van der Waals surface area contributed by atoms with E-state index in [9.17, 15) is 9.59 Å². The summed E-state index contributed by atoms with van der Waals surface area (Å²) in [5.74, 6) is -0.0838. The molecule has 1 aromatic carbocycles. The van der Waals surface area contributed by atoms with Crippen LogP contribution in [0.15, 0.2) is 23.8 Å². The first-order chi connectivity index (χ1) is 9.93. The molecule has 0 saturated carbocycles. The van der Waals surface area contributed by atoms with Crippen molar-refractivity contribution in [3.63, 3.8) is 0 Å². The van der Waals surface area contributed by atoms with Gasteiger partial charge in [-0.2, -0.15) is 0 Å². The molecule has 1 heterocycles. The summed E-state index contributed by atoms with van der Waals surface area (Å²) in [7, 11) is 3.02. The van der Waals surface area contributed by atoms with Crippen LogP contribution in [-0.2, 0) is 9.59 Å². The Labute approximate surface area is 122 Å². The van der Waals surface area contributed by atoms with Crippen LogP contribution in [0.25, 0.3) is 6.08 Å². The third-order valence-corrected chi connectivity index (χ3v) is 3.46. The highest BCUT2D eigenvalue weighted by molar-refractivity contribution is 6.00. The molecule has 1 N–H and O–H groups in total. The normalized spacial score (nSPS) is 14.3. The molecule has 6 nitrogen and oxygen atoms in total. The van der Waals surface area contributed by atoms with E-state index in [0.717, 1.165) is 5.56 Å². The lowest BCUT2D eigenvalue weighted by Gasteiger charge is -2.25. The Bertz CT molecular complexity index is 608. The second kappa shape index (κ2) is 5.87. The maximum Gasteiger partial charge on any atom is 0.326 e. The van der Waals surface area contributed by atoms with Gasteiger partial charge in [0.1, 0.15) is 24.1 Å². The van der Waals surface area contributed by atoms with E-state index in [0.29, 0.717) is 17.1 Å². The molecule has 0 saturated heterocycles. The third-order valence-electron chi connectivity index (χ3n) is 3.46. The number of nitrogens with zero attached hydrogens (tertiary/aromatic N) is 1. The first-order valence-electron chi connectivity index (χ1n) is 6.45. The number of methoxy groups -OCH3 is 1. The van der Waals surface area contributed by atoms with Crippen LogP contribution < -0.4 is 9.47 Å². The van der Waals surface area contributed by atoms with E-state index in [2.05, 4.69) is 0 Å². The summed E-state index contributed by atoms with van der Waals surface area (Å²) in [6.07, 6.45) is 1.70. The average Bonchev–Trinajstić information content (AvgIpc) is 2.51. The number of rotatable bonds is 4. The van der Waals surface area contributed by atoms with Crippen molar-refractivity contribution in [2.24, 2.45) is 0 Å². The number of carboxylic acids is 1. The molecule has 0 aromatic heterocycles. The van der Waals surface area contributed by atoms with Crippen LogP contribution in [0, 0.1) is 0 Å². The maximum absolute atomic E-state index is 12.3. The van der Waals surface area contributed by atoms with Gasteiger partial charge in [-0.05, 0) is 31.2 Å². The largest absolute Gasteiger partial charge is 0.497 e. The minimum Gasteiger partial charge on any atom is -0.497 e. The molecule has 21 heavy (non-hydrogen) atoms. The van der Waals surface area contributed by atoms with E-state index >= 15 is 0 Å². The number of likely N-dealkylation sites (N-methyl/N-ethyl adjacent to an activating group) is 1. The number of fused-ring (bicyclic) bond motifs is 1. The first-order valence-corrected chi connectivity index (χ1v) is 6.45. The fourth-order valence-electron chi connectivity index (χ4n) is 1.97. The molecule has 1 amide bonds. The minimum atomic E-state index is -1.05. The second-order valence-corrected chi connectivity index (χ2v) is 4.79. The van der Waals surface area contributed by atoms with Crippen molar-refractivity contribution in [2.75, 3.05) is 20.8 Å². The Morgan fingerprint density at radius 1 is 1.43 bits per heavy atom. The SMILES string of the molecule is COc1ccc2c(c1)C=C(C(=O)N(C)C(C)C(=O)O)CO2. The Morgan fingerprint density at radius 2 is 2.14 bits per heavy atom. The summed E-state index contributed by atoms with van der Waals surface area (Å²) in [6.45, 7) is 1.58. The molecule has 2 rings (SSSR count). The van der Waals surface area contributed by atoms with Crippen molar-refractivity contribution in [3.8, 4) is 11.5 Å². The maximum atomic E-state index is 12.3. The molecule has 0 aliphatic carbocycles. The number of carbonyl (C=O) groups is 2. The molecule has 0 bridgehead atoms. The van der Waals surface area contributed by atoms with Crippen molar-refractivity contribution in [2.45, 2.75) is 13.0 Å². The lowest BCUT2D eigenvalue weighted by molar-refractivity contribution is -0.147. The van der Waals surface area contributed by atoms with E-state index in [1.165, 1.54) is 18.9 Å². The lowest BCUT2D eigenvalue weighted by Crippen LogP contribution is -2.41.